The molecule has 1 aliphatic heterocycles. The molecule has 0 bridgehead atoms. The van der Waals surface area contributed by atoms with E-state index in [1.807, 2.05) is 6.07 Å². The minimum Gasteiger partial charge on any atom is -0.496 e. The van der Waals surface area contributed by atoms with Gasteiger partial charge in [-0.1, -0.05) is 48.0 Å². The van der Waals surface area contributed by atoms with E-state index in [2.05, 4.69) is 0 Å². The van der Waals surface area contributed by atoms with E-state index in [0.717, 1.165) is 4.90 Å². The Morgan fingerprint density at radius 2 is 1.55 bits per heavy atom. The number of halogens is 1. The number of anilines is 1. The molecule has 0 N–H and O–H groups in total. The van der Waals surface area contributed by atoms with Gasteiger partial charge in [0, 0.05) is 5.56 Å². The second-order valence-corrected chi connectivity index (χ2v) is 5.05. The molecule has 110 valence electrons. The molecule has 5 heteroatoms. The average Bonchev–Trinajstić information content (AvgIpc) is 2.78. The molecule has 1 aliphatic rings. The third-order valence-corrected chi connectivity index (χ3v) is 3.77. The van der Waals surface area contributed by atoms with Crippen molar-refractivity contribution in [3.63, 3.8) is 0 Å². The van der Waals surface area contributed by atoms with Gasteiger partial charge < -0.3 is 4.74 Å². The van der Waals surface area contributed by atoms with Crippen LogP contribution in [0.15, 0.2) is 59.6 Å². The van der Waals surface area contributed by atoms with Gasteiger partial charge in [0.2, 0.25) is 0 Å². The molecule has 0 fully saturated rings. The normalized spacial score (nSPS) is 14.7. The lowest BCUT2D eigenvalue weighted by Crippen LogP contribution is -2.31. The van der Waals surface area contributed by atoms with Crippen LogP contribution in [0.3, 0.4) is 0 Å². The van der Waals surface area contributed by atoms with Crippen molar-refractivity contribution in [2.75, 3.05) is 12.0 Å². The Kier molecular flexibility index (Phi) is 3.69. The number of rotatable bonds is 3. The molecule has 0 saturated heterocycles. The van der Waals surface area contributed by atoms with E-state index in [0.29, 0.717) is 17.0 Å². The molecule has 0 unspecified atom stereocenters. The van der Waals surface area contributed by atoms with Crippen LogP contribution in [0.5, 0.6) is 5.75 Å². The molecule has 2 amide bonds. The van der Waals surface area contributed by atoms with Crippen molar-refractivity contribution >= 4 is 34.7 Å². The molecule has 0 spiro atoms. The number of carbonyl (C=O) groups excluding carboxylic acids is 2. The zero-order chi connectivity index (χ0) is 15.7. The van der Waals surface area contributed by atoms with E-state index in [4.69, 9.17) is 16.3 Å². The van der Waals surface area contributed by atoms with E-state index >= 15 is 0 Å². The number of hydrogen-bond acceptors (Lipinski definition) is 3. The van der Waals surface area contributed by atoms with Crippen LogP contribution in [-0.2, 0) is 9.59 Å². The van der Waals surface area contributed by atoms with Gasteiger partial charge in [0.15, 0.2) is 0 Å². The zero-order valence-electron chi connectivity index (χ0n) is 11.7. The Hall–Kier alpha value is -2.59. The summed E-state index contributed by atoms with van der Waals surface area (Å²) < 4.78 is 5.26. The first kappa shape index (κ1) is 14.4. The highest BCUT2D eigenvalue weighted by Gasteiger charge is 2.40. The van der Waals surface area contributed by atoms with Crippen molar-refractivity contribution in [3.8, 4) is 5.75 Å². The van der Waals surface area contributed by atoms with Gasteiger partial charge in [0.05, 0.1) is 18.4 Å². The van der Waals surface area contributed by atoms with Crippen molar-refractivity contribution in [2.24, 2.45) is 0 Å². The largest absolute Gasteiger partial charge is 0.496 e. The van der Waals surface area contributed by atoms with Crippen LogP contribution in [0.4, 0.5) is 5.69 Å². The maximum atomic E-state index is 12.7. The van der Waals surface area contributed by atoms with Gasteiger partial charge in [-0.2, -0.15) is 0 Å². The third kappa shape index (κ3) is 2.18. The van der Waals surface area contributed by atoms with Crippen molar-refractivity contribution in [1.29, 1.82) is 0 Å². The van der Waals surface area contributed by atoms with E-state index in [1.54, 1.807) is 48.5 Å². The van der Waals surface area contributed by atoms with Gasteiger partial charge in [-0.25, -0.2) is 4.90 Å². The van der Waals surface area contributed by atoms with Crippen molar-refractivity contribution in [2.45, 2.75) is 0 Å². The summed E-state index contributed by atoms with van der Waals surface area (Å²) in [6.45, 7) is 0. The van der Waals surface area contributed by atoms with Crippen molar-refractivity contribution in [3.05, 3.63) is 65.2 Å². The molecule has 4 nitrogen and oxygen atoms in total. The molecule has 0 radical (unpaired) electrons. The SMILES string of the molecule is COc1ccccc1C1=C(Cl)C(=O)N(c2ccccc2)C1=O. The van der Waals surface area contributed by atoms with Crippen LogP contribution in [0, 0.1) is 0 Å². The summed E-state index contributed by atoms with van der Waals surface area (Å²) in [6, 6.07) is 15.7. The Morgan fingerprint density at radius 1 is 0.909 bits per heavy atom. The minimum atomic E-state index is -0.529. The fraction of sp³-hybridized carbons (Fsp3) is 0.0588. The number of ether oxygens (including phenoxy) is 1. The van der Waals surface area contributed by atoms with E-state index < -0.39 is 11.8 Å². The molecule has 3 rings (SSSR count). The first-order valence-electron chi connectivity index (χ1n) is 6.62. The van der Waals surface area contributed by atoms with Crippen LogP contribution < -0.4 is 9.64 Å². The summed E-state index contributed by atoms with van der Waals surface area (Å²) in [5.74, 6) is -0.490. The fourth-order valence-corrected chi connectivity index (χ4v) is 2.67. The predicted octanol–water partition coefficient (Wildman–Crippen LogP) is 3.22. The quantitative estimate of drug-likeness (QED) is 0.817. The topological polar surface area (TPSA) is 46.6 Å². The number of carbonyl (C=O) groups is 2. The number of amides is 2. The second-order valence-electron chi connectivity index (χ2n) is 4.67. The lowest BCUT2D eigenvalue weighted by molar-refractivity contribution is -0.119. The maximum Gasteiger partial charge on any atom is 0.277 e. The molecular formula is C17H12ClNO3. The lowest BCUT2D eigenvalue weighted by Gasteiger charge is -2.15. The number of benzene rings is 2. The summed E-state index contributed by atoms with van der Waals surface area (Å²) in [5.41, 5.74) is 1.15. The number of imide groups is 1. The first-order chi connectivity index (χ1) is 10.6. The highest BCUT2D eigenvalue weighted by molar-refractivity contribution is 6.60. The molecule has 22 heavy (non-hydrogen) atoms. The summed E-state index contributed by atoms with van der Waals surface area (Å²) >= 11 is 6.14. The average molecular weight is 314 g/mol. The van der Waals surface area contributed by atoms with Gasteiger partial charge in [-0.05, 0) is 18.2 Å². The lowest BCUT2D eigenvalue weighted by atomic mass is 10.1. The molecule has 1 heterocycles. The highest BCUT2D eigenvalue weighted by atomic mass is 35.5. The van der Waals surface area contributed by atoms with E-state index in [9.17, 15) is 9.59 Å². The van der Waals surface area contributed by atoms with Crippen molar-refractivity contribution in [1.82, 2.24) is 0 Å². The van der Waals surface area contributed by atoms with Gasteiger partial charge in [0.1, 0.15) is 10.8 Å². The van der Waals surface area contributed by atoms with Crippen LogP contribution in [-0.4, -0.2) is 18.9 Å². The predicted molar refractivity (Wildman–Crippen MR) is 84.7 cm³/mol. The van der Waals surface area contributed by atoms with Gasteiger partial charge in [-0.15, -0.1) is 0 Å². The van der Waals surface area contributed by atoms with Gasteiger partial charge in [-0.3, -0.25) is 9.59 Å². The Balaban J connectivity index is 2.10. The summed E-state index contributed by atoms with van der Waals surface area (Å²) in [6.07, 6.45) is 0. The van der Waals surface area contributed by atoms with Gasteiger partial charge in [0.25, 0.3) is 11.8 Å². The Labute approximate surface area is 132 Å². The van der Waals surface area contributed by atoms with Crippen LogP contribution >= 0.6 is 11.6 Å². The second kappa shape index (κ2) is 5.66. The molecule has 2 aromatic rings. The van der Waals surface area contributed by atoms with Crippen LogP contribution in [0.25, 0.3) is 5.57 Å². The van der Waals surface area contributed by atoms with E-state index in [1.165, 1.54) is 7.11 Å². The summed E-state index contributed by atoms with van der Waals surface area (Å²) in [4.78, 5) is 26.2. The molecule has 2 aromatic carbocycles. The smallest absolute Gasteiger partial charge is 0.277 e. The minimum absolute atomic E-state index is 0.0987. The summed E-state index contributed by atoms with van der Waals surface area (Å²) in [7, 11) is 1.50. The van der Waals surface area contributed by atoms with Gasteiger partial charge >= 0.3 is 0 Å². The number of hydrogen-bond donors (Lipinski definition) is 0. The molecular weight excluding hydrogens is 302 g/mol. The first-order valence-corrected chi connectivity index (χ1v) is 7.00. The summed E-state index contributed by atoms with van der Waals surface area (Å²) in [5, 5.41) is -0.0987. The third-order valence-electron chi connectivity index (χ3n) is 3.42. The van der Waals surface area contributed by atoms with E-state index in [-0.39, 0.29) is 10.6 Å². The van der Waals surface area contributed by atoms with Crippen LogP contribution in [0.2, 0.25) is 0 Å². The Morgan fingerprint density at radius 3 is 2.23 bits per heavy atom. The standard InChI is InChI=1S/C17H12ClNO3/c1-22-13-10-6-5-9-12(13)14-15(18)17(21)19(16(14)20)11-7-3-2-4-8-11/h2-10H,1H3. The fourth-order valence-electron chi connectivity index (χ4n) is 2.40. The molecule has 0 atom stereocenters. The Bertz CT molecular complexity index is 784. The van der Waals surface area contributed by atoms with Crippen LogP contribution in [0.1, 0.15) is 5.56 Å². The molecule has 0 aromatic heterocycles. The maximum absolute atomic E-state index is 12.7. The number of nitrogens with zero attached hydrogens (tertiary/aromatic N) is 1. The zero-order valence-corrected chi connectivity index (χ0v) is 12.5. The highest BCUT2D eigenvalue weighted by Crippen LogP contribution is 2.38. The molecule has 0 saturated carbocycles. The van der Waals surface area contributed by atoms with Crippen molar-refractivity contribution < 1.29 is 14.3 Å². The monoisotopic (exact) mass is 313 g/mol. The molecule has 0 aliphatic carbocycles. The number of methoxy groups -OCH3 is 1. The number of para-hydroxylation sites is 2.